The Morgan fingerprint density at radius 1 is 0.879 bits per heavy atom. The molecule has 170 valence electrons. The van der Waals surface area contributed by atoms with E-state index in [-0.39, 0.29) is 28.6 Å². The number of carbonyl (C=O) groups is 2. The maximum absolute atomic E-state index is 13.4. The largest absolute Gasteiger partial charge is 0.278 e. The van der Waals surface area contributed by atoms with Gasteiger partial charge in [0.2, 0.25) is 0 Å². The molecule has 1 heterocycles. The highest BCUT2D eigenvalue weighted by atomic mass is 35.5. The molecule has 2 aliphatic rings. The minimum absolute atomic E-state index is 0.0748. The summed E-state index contributed by atoms with van der Waals surface area (Å²) in [6, 6.07) is 13.1. The summed E-state index contributed by atoms with van der Waals surface area (Å²) in [6.07, 6.45) is 4.81. The second-order valence-corrected chi connectivity index (χ2v) is 8.52. The van der Waals surface area contributed by atoms with Crippen molar-refractivity contribution in [1.29, 1.82) is 0 Å². The third-order valence-electron chi connectivity index (χ3n) is 6.33. The average Bonchev–Trinajstić information content (AvgIpc) is 2.84. The zero-order valence-electron chi connectivity index (χ0n) is 18.6. The molecule has 2 amide bonds. The van der Waals surface area contributed by atoms with Gasteiger partial charge >= 0.3 is 0 Å². The van der Waals surface area contributed by atoms with E-state index in [0.29, 0.717) is 33.0 Å². The molecule has 1 fully saturated rings. The average molecular weight is 465 g/mol. The molecular formula is C26H25ClN2O4. The minimum Gasteiger partial charge on any atom is -0.271 e. The second kappa shape index (κ2) is 9.32. The highest BCUT2D eigenvalue weighted by molar-refractivity contribution is 6.31. The van der Waals surface area contributed by atoms with Crippen molar-refractivity contribution in [2.75, 3.05) is 0 Å². The predicted octanol–water partition coefficient (Wildman–Crippen LogP) is 7.02. The quantitative estimate of drug-likeness (QED) is 0.237. The van der Waals surface area contributed by atoms with Crippen LogP contribution < -0.4 is 0 Å². The van der Waals surface area contributed by atoms with Crippen molar-refractivity contribution in [3.05, 3.63) is 74.8 Å². The molecule has 0 radical (unpaired) electrons. The Morgan fingerprint density at radius 3 is 2.15 bits per heavy atom. The highest BCUT2D eigenvalue weighted by Gasteiger charge is 2.38. The SMILES string of the molecule is CC.O=C1c2cccc3c(-c4ccc(Cl)cc4[N+](=O)[O-])ccc(c23)C(=O)N1C1CCCCC1. The van der Waals surface area contributed by atoms with Crippen LogP contribution >= 0.6 is 11.6 Å². The maximum atomic E-state index is 13.4. The van der Waals surface area contributed by atoms with Gasteiger partial charge in [-0.2, -0.15) is 0 Å². The Bertz CT molecular complexity index is 1240. The van der Waals surface area contributed by atoms with E-state index in [1.807, 2.05) is 13.8 Å². The lowest BCUT2D eigenvalue weighted by atomic mass is 9.86. The first-order valence-electron chi connectivity index (χ1n) is 11.4. The molecule has 1 aliphatic heterocycles. The smallest absolute Gasteiger partial charge is 0.271 e. The number of benzene rings is 3. The van der Waals surface area contributed by atoms with Crippen LogP contribution in [0.15, 0.2) is 48.5 Å². The lowest BCUT2D eigenvalue weighted by Crippen LogP contribution is -2.47. The Morgan fingerprint density at radius 2 is 1.48 bits per heavy atom. The fourth-order valence-electron chi connectivity index (χ4n) is 4.90. The number of halogens is 1. The number of rotatable bonds is 3. The third kappa shape index (κ3) is 3.89. The summed E-state index contributed by atoms with van der Waals surface area (Å²) < 4.78 is 0. The summed E-state index contributed by atoms with van der Waals surface area (Å²) in [6.45, 7) is 4.00. The molecular weight excluding hydrogens is 440 g/mol. The van der Waals surface area contributed by atoms with Crippen molar-refractivity contribution in [1.82, 2.24) is 4.90 Å². The zero-order chi connectivity index (χ0) is 23.7. The molecule has 0 bridgehead atoms. The van der Waals surface area contributed by atoms with E-state index in [0.717, 1.165) is 32.1 Å². The van der Waals surface area contributed by atoms with E-state index in [1.165, 1.54) is 11.0 Å². The molecule has 0 spiro atoms. The number of nitro benzene ring substituents is 1. The topological polar surface area (TPSA) is 80.5 Å². The van der Waals surface area contributed by atoms with Gasteiger partial charge < -0.3 is 0 Å². The van der Waals surface area contributed by atoms with Crippen LogP contribution in [0.4, 0.5) is 5.69 Å². The fraction of sp³-hybridized carbons (Fsp3) is 0.308. The summed E-state index contributed by atoms with van der Waals surface area (Å²) in [5, 5.41) is 13.1. The Balaban J connectivity index is 0.00000126. The fourth-order valence-corrected chi connectivity index (χ4v) is 5.07. The van der Waals surface area contributed by atoms with Crippen LogP contribution in [0, 0.1) is 10.1 Å². The molecule has 7 heteroatoms. The van der Waals surface area contributed by atoms with Gasteiger partial charge in [-0.15, -0.1) is 0 Å². The van der Waals surface area contributed by atoms with Gasteiger partial charge in [0, 0.05) is 33.6 Å². The summed E-state index contributed by atoms with van der Waals surface area (Å²) in [5.74, 6) is -0.560. The molecule has 3 aromatic rings. The van der Waals surface area contributed by atoms with E-state index >= 15 is 0 Å². The summed E-state index contributed by atoms with van der Waals surface area (Å²) in [5.41, 5.74) is 1.81. The first-order chi connectivity index (χ1) is 16.0. The zero-order valence-corrected chi connectivity index (χ0v) is 19.4. The van der Waals surface area contributed by atoms with Crippen LogP contribution in [-0.4, -0.2) is 27.7 Å². The number of hydrogen-bond donors (Lipinski definition) is 0. The van der Waals surface area contributed by atoms with Crippen LogP contribution in [0.5, 0.6) is 0 Å². The van der Waals surface area contributed by atoms with Gasteiger partial charge in [-0.05, 0) is 48.1 Å². The molecule has 1 saturated carbocycles. The van der Waals surface area contributed by atoms with E-state index in [1.54, 1.807) is 42.5 Å². The first-order valence-corrected chi connectivity index (χ1v) is 11.7. The van der Waals surface area contributed by atoms with Crippen LogP contribution in [0.1, 0.15) is 66.7 Å². The van der Waals surface area contributed by atoms with Gasteiger partial charge in [0.25, 0.3) is 17.5 Å². The molecule has 0 aromatic heterocycles. The molecule has 0 atom stereocenters. The van der Waals surface area contributed by atoms with E-state index in [4.69, 9.17) is 11.6 Å². The van der Waals surface area contributed by atoms with Gasteiger partial charge in [-0.25, -0.2) is 0 Å². The van der Waals surface area contributed by atoms with Crippen molar-refractivity contribution in [2.24, 2.45) is 0 Å². The number of amides is 2. The number of imide groups is 1. The highest BCUT2D eigenvalue weighted by Crippen LogP contribution is 2.41. The molecule has 0 saturated heterocycles. The predicted molar refractivity (Wildman–Crippen MR) is 130 cm³/mol. The first kappa shape index (κ1) is 22.9. The summed E-state index contributed by atoms with van der Waals surface area (Å²) >= 11 is 5.98. The van der Waals surface area contributed by atoms with Crippen LogP contribution in [0.2, 0.25) is 5.02 Å². The van der Waals surface area contributed by atoms with Crippen LogP contribution in [0.25, 0.3) is 21.9 Å². The maximum Gasteiger partial charge on any atom is 0.278 e. The van der Waals surface area contributed by atoms with E-state index < -0.39 is 4.92 Å². The molecule has 33 heavy (non-hydrogen) atoms. The standard InChI is InChI=1S/C24H19ClN2O4.C2H6/c25-14-9-10-17(21(13-14)27(30)31)16-11-12-20-22-18(16)7-4-8-19(22)23(28)26(24(20)29)15-5-2-1-3-6-15;1-2/h4,7-13,15H,1-3,5-6H2;1-2H3. The molecule has 0 N–H and O–H groups in total. The van der Waals surface area contributed by atoms with Crippen molar-refractivity contribution in [2.45, 2.75) is 52.0 Å². The number of hydrogen-bond acceptors (Lipinski definition) is 4. The van der Waals surface area contributed by atoms with E-state index in [9.17, 15) is 19.7 Å². The number of carbonyl (C=O) groups excluding carboxylic acids is 2. The van der Waals surface area contributed by atoms with Crippen LogP contribution in [-0.2, 0) is 0 Å². The number of nitro groups is 1. The van der Waals surface area contributed by atoms with Crippen LogP contribution in [0.3, 0.4) is 0 Å². The minimum atomic E-state index is -0.474. The van der Waals surface area contributed by atoms with Gasteiger partial charge in [0.15, 0.2) is 0 Å². The number of nitrogens with zero attached hydrogens (tertiary/aromatic N) is 2. The summed E-state index contributed by atoms with van der Waals surface area (Å²) in [4.78, 5) is 39.3. The van der Waals surface area contributed by atoms with Gasteiger partial charge in [-0.1, -0.05) is 62.9 Å². The monoisotopic (exact) mass is 464 g/mol. The van der Waals surface area contributed by atoms with Crippen molar-refractivity contribution in [3.8, 4) is 11.1 Å². The molecule has 6 nitrogen and oxygen atoms in total. The van der Waals surface area contributed by atoms with Gasteiger partial charge in [0.1, 0.15) is 0 Å². The second-order valence-electron chi connectivity index (χ2n) is 8.08. The molecule has 5 rings (SSSR count). The normalized spacial score (nSPS) is 15.9. The lowest BCUT2D eigenvalue weighted by molar-refractivity contribution is -0.384. The molecule has 3 aromatic carbocycles. The molecule has 1 aliphatic carbocycles. The van der Waals surface area contributed by atoms with Crippen molar-refractivity contribution >= 4 is 39.9 Å². The van der Waals surface area contributed by atoms with Crippen molar-refractivity contribution in [3.63, 3.8) is 0 Å². The Hall–Kier alpha value is -3.25. The lowest BCUT2D eigenvalue weighted by Gasteiger charge is -2.36. The Labute approximate surface area is 197 Å². The third-order valence-corrected chi connectivity index (χ3v) is 6.56. The molecule has 0 unspecified atom stereocenters. The van der Waals surface area contributed by atoms with Gasteiger partial charge in [-0.3, -0.25) is 24.6 Å². The summed E-state index contributed by atoms with van der Waals surface area (Å²) in [7, 11) is 0. The van der Waals surface area contributed by atoms with Crippen molar-refractivity contribution < 1.29 is 14.5 Å². The van der Waals surface area contributed by atoms with E-state index in [2.05, 4.69) is 0 Å². The van der Waals surface area contributed by atoms with Gasteiger partial charge in [0.05, 0.1) is 10.5 Å². The Kier molecular flexibility index (Phi) is 6.47.